The van der Waals surface area contributed by atoms with Gasteiger partial charge in [-0.05, 0) is 0 Å². The van der Waals surface area contributed by atoms with Gasteiger partial charge in [-0.1, -0.05) is 13.8 Å². The summed E-state index contributed by atoms with van der Waals surface area (Å²) in [4.78, 5) is 0. The van der Waals surface area contributed by atoms with Crippen LogP contribution in [0.3, 0.4) is 0 Å². The molecule has 0 heterocycles. The van der Waals surface area contributed by atoms with Crippen LogP contribution in [0.4, 0.5) is 0 Å². The van der Waals surface area contributed by atoms with Crippen molar-refractivity contribution in [3.05, 3.63) is 6.92 Å². The van der Waals surface area contributed by atoms with Crippen molar-refractivity contribution >= 4 is 0 Å². The molecule has 0 spiro atoms. The van der Waals surface area contributed by atoms with Crippen LogP contribution in [0, 0.1) is 12.8 Å². The standard InChI is InChI=1S/C4H9.Zn/c1-4(2)3;/h4H,1H2,2-3H3;/q-1;+2. The van der Waals surface area contributed by atoms with Crippen LogP contribution in [0.15, 0.2) is 0 Å². The van der Waals surface area contributed by atoms with Gasteiger partial charge in [0.2, 0.25) is 0 Å². The maximum atomic E-state index is 3.64. The molecule has 0 saturated heterocycles. The Labute approximate surface area is 46.7 Å². The fourth-order valence-electron chi connectivity index (χ4n) is 0. The van der Waals surface area contributed by atoms with Gasteiger partial charge in [0.05, 0.1) is 0 Å². The van der Waals surface area contributed by atoms with E-state index in [4.69, 9.17) is 0 Å². The molecule has 0 aromatic carbocycles. The van der Waals surface area contributed by atoms with Crippen molar-refractivity contribution in [1.29, 1.82) is 0 Å². The van der Waals surface area contributed by atoms with Crippen molar-refractivity contribution < 1.29 is 19.5 Å². The van der Waals surface area contributed by atoms with Crippen LogP contribution < -0.4 is 0 Å². The van der Waals surface area contributed by atoms with Crippen LogP contribution in [0.5, 0.6) is 0 Å². The first-order chi connectivity index (χ1) is 1.73. The largest absolute Gasteiger partial charge is 2.00 e. The minimum atomic E-state index is 0. The van der Waals surface area contributed by atoms with Crippen LogP contribution >= 0.6 is 0 Å². The van der Waals surface area contributed by atoms with E-state index in [0.29, 0.717) is 5.92 Å². The molecule has 0 aliphatic heterocycles. The van der Waals surface area contributed by atoms with Gasteiger partial charge in [0.1, 0.15) is 0 Å². The third-order valence-electron chi connectivity index (χ3n) is 0. The summed E-state index contributed by atoms with van der Waals surface area (Å²) in [6, 6.07) is 0. The second-order valence-corrected chi connectivity index (χ2v) is 1.39. The van der Waals surface area contributed by atoms with Crippen molar-refractivity contribution in [2.24, 2.45) is 5.92 Å². The quantitative estimate of drug-likeness (QED) is 0.337. The number of rotatable bonds is 0. The maximum absolute atomic E-state index is 3.64. The molecule has 0 unspecified atom stereocenters. The summed E-state index contributed by atoms with van der Waals surface area (Å²) < 4.78 is 0. The number of hydrogen-bond donors (Lipinski definition) is 0. The van der Waals surface area contributed by atoms with Gasteiger partial charge in [-0.15, -0.1) is 0 Å². The van der Waals surface area contributed by atoms with Crippen LogP contribution in [0.1, 0.15) is 13.8 Å². The summed E-state index contributed by atoms with van der Waals surface area (Å²) in [6.07, 6.45) is 0. The normalized spacial score (nSPS) is 7.20. The molecule has 0 fully saturated rings. The van der Waals surface area contributed by atoms with E-state index < -0.39 is 0 Å². The predicted molar refractivity (Wildman–Crippen MR) is 20.2 cm³/mol. The Morgan fingerprint density at radius 1 is 1.40 bits per heavy atom. The van der Waals surface area contributed by atoms with Gasteiger partial charge in [-0.2, -0.15) is 5.92 Å². The first-order valence-corrected chi connectivity index (χ1v) is 1.56. The fourth-order valence-corrected chi connectivity index (χ4v) is 0. The molecular formula is C4H9Zn+. The van der Waals surface area contributed by atoms with Gasteiger partial charge in [0.15, 0.2) is 0 Å². The zero-order valence-corrected chi connectivity index (χ0v) is 6.96. The van der Waals surface area contributed by atoms with E-state index in [1.807, 2.05) is 0 Å². The molecular weight excluding hydrogens is 113 g/mol. The van der Waals surface area contributed by atoms with E-state index in [9.17, 15) is 0 Å². The molecule has 0 bridgehead atoms. The Balaban J connectivity index is 0. The molecule has 0 aromatic heterocycles. The van der Waals surface area contributed by atoms with Gasteiger partial charge in [0.25, 0.3) is 0 Å². The van der Waals surface area contributed by atoms with Gasteiger partial charge >= 0.3 is 19.5 Å². The van der Waals surface area contributed by atoms with Gasteiger partial charge < -0.3 is 6.92 Å². The summed E-state index contributed by atoms with van der Waals surface area (Å²) in [6.45, 7) is 7.75. The molecule has 0 atom stereocenters. The van der Waals surface area contributed by atoms with Crippen molar-refractivity contribution in [1.82, 2.24) is 0 Å². The molecule has 0 N–H and O–H groups in total. The zero-order valence-electron chi connectivity index (χ0n) is 3.99. The molecule has 0 radical (unpaired) electrons. The van der Waals surface area contributed by atoms with Crippen molar-refractivity contribution in [2.75, 3.05) is 0 Å². The molecule has 0 rings (SSSR count). The molecule has 0 aromatic rings. The molecule has 0 saturated carbocycles. The predicted octanol–water partition coefficient (Wildman–Crippen LogP) is 1.47. The summed E-state index contributed by atoms with van der Waals surface area (Å²) >= 11 is 0. The van der Waals surface area contributed by atoms with E-state index in [1.54, 1.807) is 0 Å². The third kappa shape index (κ3) is 81.9. The summed E-state index contributed by atoms with van der Waals surface area (Å²) in [5.41, 5.74) is 0. The smallest absolute Gasteiger partial charge is 0.341 e. The third-order valence-corrected chi connectivity index (χ3v) is 0. The van der Waals surface area contributed by atoms with Gasteiger partial charge in [-0.25, -0.2) is 0 Å². The van der Waals surface area contributed by atoms with Crippen molar-refractivity contribution in [3.63, 3.8) is 0 Å². The monoisotopic (exact) mass is 121 g/mol. The van der Waals surface area contributed by atoms with E-state index >= 15 is 0 Å². The Bertz CT molecular complexity index is 8.36. The molecule has 1 heteroatoms. The van der Waals surface area contributed by atoms with Gasteiger partial charge in [-0.3, -0.25) is 0 Å². The Hall–Kier alpha value is 0.623. The summed E-state index contributed by atoms with van der Waals surface area (Å²) in [5, 5.41) is 0. The molecule has 5 heavy (non-hydrogen) atoms. The fraction of sp³-hybridized carbons (Fsp3) is 0.750. The number of hydrogen-bond acceptors (Lipinski definition) is 0. The molecule has 0 aliphatic rings. The Kier molecular flexibility index (Phi) is 8.47. The van der Waals surface area contributed by atoms with Crippen LogP contribution in [0.25, 0.3) is 0 Å². The van der Waals surface area contributed by atoms with Crippen LogP contribution in [0.2, 0.25) is 0 Å². The Morgan fingerprint density at radius 2 is 1.40 bits per heavy atom. The average Bonchev–Trinajstić information content (AvgIpc) is 0.811. The summed E-state index contributed by atoms with van der Waals surface area (Å²) in [5.74, 6) is 0.583. The van der Waals surface area contributed by atoms with Crippen molar-refractivity contribution in [3.8, 4) is 0 Å². The van der Waals surface area contributed by atoms with Crippen LogP contribution in [-0.4, -0.2) is 0 Å². The maximum Gasteiger partial charge on any atom is 2.00 e. The van der Waals surface area contributed by atoms with Crippen LogP contribution in [-0.2, 0) is 19.5 Å². The zero-order chi connectivity index (χ0) is 3.58. The second kappa shape index (κ2) is 4.62. The molecule has 0 aliphatic carbocycles. The molecule has 0 amide bonds. The van der Waals surface area contributed by atoms with E-state index in [2.05, 4.69) is 20.8 Å². The van der Waals surface area contributed by atoms with E-state index in [1.165, 1.54) is 0 Å². The Morgan fingerprint density at radius 3 is 1.40 bits per heavy atom. The first kappa shape index (κ1) is 9.16. The van der Waals surface area contributed by atoms with E-state index in [0.717, 1.165) is 0 Å². The molecule has 0 nitrogen and oxygen atoms in total. The van der Waals surface area contributed by atoms with Gasteiger partial charge in [0, 0.05) is 0 Å². The topological polar surface area (TPSA) is 0 Å². The minimum Gasteiger partial charge on any atom is -0.341 e. The second-order valence-electron chi connectivity index (χ2n) is 1.39. The summed E-state index contributed by atoms with van der Waals surface area (Å²) in [7, 11) is 0. The van der Waals surface area contributed by atoms with Crippen molar-refractivity contribution in [2.45, 2.75) is 13.8 Å². The first-order valence-electron chi connectivity index (χ1n) is 1.56. The molecule has 26 valence electrons. The SMILES string of the molecule is [CH2-]C(C)C.[Zn+2]. The average molecular weight is 123 g/mol. The minimum absolute atomic E-state index is 0. The van der Waals surface area contributed by atoms with E-state index in [-0.39, 0.29) is 19.5 Å².